The van der Waals surface area contributed by atoms with Crippen LogP contribution in [0, 0.1) is 11.3 Å². The molecular formula is C24H30N2O4. The average molecular weight is 411 g/mol. The number of nitrogens with zero attached hydrogens (tertiary/aromatic N) is 1. The second-order valence-electron chi connectivity index (χ2n) is 8.49. The largest absolute Gasteiger partial charge is 0.453 e. The first-order chi connectivity index (χ1) is 14.6. The lowest BCUT2D eigenvalue weighted by Gasteiger charge is -2.32. The van der Waals surface area contributed by atoms with Crippen LogP contribution in [0.4, 0.5) is 0 Å². The Balaban J connectivity index is 1.19. The van der Waals surface area contributed by atoms with Gasteiger partial charge >= 0.3 is 0 Å². The normalized spacial score (nSPS) is 19.6. The van der Waals surface area contributed by atoms with Gasteiger partial charge in [0.15, 0.2) is 5.76 Å². The summed E-state index contributed by atoms with van der Waals surface area (Å²) in [4.78, 5) is 27.1. The number of nitrogens with one attached hydrogen (secondary N) is 1. The van der Waals surface area contributed by atoms with Crippen molar-refractivity contribution in [1.82, 2.24) is 10.2 Å². The standard InChI is InChI=1S/C24H30N2O4/c1-29-17-19-9-10-21(30-19)23(28)26-14-11-24(12-15-26)16-20(24)22(27)25-13-5-8-18-6-3-2-4-7-18/h2-4,6-7,9-10,20H,5,8,11-17H2,1H3,(H,25,27)/t20-/m1/s1. The summed E-state index contributed by atoms with van der Waals surface area (Å²) in [7, 11) is 1.60. The highest BCUT2D eigenvalue weighted by Gasteiger charge is 2.58. The highest BCUT2D eigenvalue weighted by atomic mass is 16.5. The molecule has 1 aromatic carbocycles. The summed E-state index contributed by atoms with van der Waals surface area (Å²) in [6.07, 6.45) is 4.64. The van der Waals surface area contributed by atoms with Crippen LogP contribution in [0.5, 0.6) is 0 Å². The van der Waals surface area contributed by atoms with Crippen LogP contribution in [-0.2, 0) is 22.6 Å². The molecule has 1 spiro atoms. The fourth-order valence-corrected chi connectivity index (χ4v) is 4.57. The van der Waals surface area contributed by atoms with Crippen LogP contribution in [0.15, 0.2) is 46.9 Å². The van der Waals surface area contributed by atoms with Crippen LogP contribution in [0.1, 0.15) is 47.6 Å². The molecule has 2 fully saturated rings. The van der Waals surface area contributed by atoms with Crippen molar-refractivity contribution in [1.29, 1.82) is 0 Å². The smallest absolute Gasteiger partial charge is 0.289 e. The molecular weight excluding hydrogens is 380 g/mol. The molecule has 6 nitrogen and oxygen atoms in total. The van der Waals surface area contributed by atoms with Gasteiger partial charge in [0.25, 0.3) is 5.91 Å². The zero-order chi connectivity index (χ0) is 21.0. The lowest BCUT2D eigenvalue weighted by atomic mass is 9.90. The molecule has 0 bridgehead atoms. The third-order valence-corrected chi connectivity index (χ3v) is 6.50. The molecule has 1 aliphatic heterocycles. The molecule has 1 aromatic heterocycles. The van der Waals surface area contributed by atoms with Gasteiger partial charge in [-0.15, -0.1) is 0 Å². The molecule has 2 heterocycles. The van der Waals surface area contributed by atoms with Gasteiger partial charge in [-0.2, -0.15) is 0 Å². The number of ether oxygens (including phenoxy) is 1. The quantitative estimate of drug-likeness (QED) is 0.677. The number of methoxy groups -OCH3 is 1. The van der Waals surface area contributed by atoms with Gasteiger partial charge in [-0.05, 0) is 55.2 Å². The number of furan rings is 1. The van der Waals surface area contributed by atoms with Gasteiger partial charge < -0.3 is 19.4 Å². The summed E-state index contributed by atoms with van der Waals surface area (Å²) >= 11 is 0. The second kappa shape index (κ2) is 9.04. The maximum absolute atomic E-state index is 12.7. The van der Waals surface area contributed by atoms with Crippen LogP contribution in [0.25, 0.3) is 0 Å². The van der Waals surface area contributed by atoms with Gasteiger partial charge in [-0.1, -0.05) is 30.3 Å². The second-order valence-corrected chi connectivity index (χ2v) is 8.49. The van der Waals surface area contributed by atoms with Crippen LogP contribution in [0.2, 0.25) is 0 Å². The Kier molecular flexibility index (Phi) is 6.23. The molecule has 160 valence electrons. The first-order valence-electron chi connectivity index (χ1n) is 10.8. The molecule has 4 rings (SSSR count). The Morgan fingerprint density at radius 3 is 2.67 bits per heavy atom. The first-order valence-corrected chi connectivity index (χ1v) is 10.8. The highest BCUT2D eigenvalue weighted by Crippen LogP contribution is 2.59. The summed E-state index contributed by atoms with van der Waals surface area (Å²) in [6, 6.07) is 13.8. The van der Waals surface area contributed by atoms with E-state index in [1.54, 1.807) is 19.2 Å². The van der Waals surface area contributed by atoms with Crippen LogP contribution < -0.4 is 5.32 Å². The van der Waals surface area contributed by atoms with Gasteiger partial charge in [0.1, 0.15) is 12.4 Å². The molecule has 2 aromatic rings. The Labute approximate surface area is 177 Å². The molecule has 2 aliphatic rings. The third kappa shape index (κ3) is 4.59. The Morgan fingerprint density at radius 1 is 1.17 bits per heavy atom. The van der Waals surface area contributed by atoms with E-state index in [1.165, 1.54) is 5.56 Å². The molecule has 1 atom stereocenters. The van der Waals surface area contributed by atoms with E-state index < -0.39 is 0 Å². The molecule has 1 N–H and O–H groups in total. The van der Waals surface area contributed by atoms with E-state index in [0.717, 1.165) is 32.1 Å². The summed E-state index contributed by atoms with van der Waals surface area (Å²) in [5.74, 6) is 1.22. The van der Waals surface area contributed by atoms with E-state index in [-0.39, 0.29) is 23.1 Å². The van der Waals surface area contributed by atoms with Crippen molar-refractivity contribution in [3.05, 3.63) is 59.5 Å². The maximum atomic E-state index is 12.7. The van der Waals surface area contributed by atoms with Gasteiger partial charge in [0, 0.05) is 32.7 Å². The first kappa shape index (κ1) is 20.7. The van der Waals surface area contributed by atoms with Crippen LogP contribution in [-0.4, -0.2) is 43.5 Å². The number of aryl methyl sites for hydroxylation is 1. The van der Waals surface area contributed by atoms with Crippen molar-refractivity contribution in [2.75, 3.05) is 26.7 Å². The molecule has 6 heteroatoms. The monoisotopic (exact) mass is 410 g/mol. The highest BCUT2D eigenvalue weighted by molar-refractivity contribution is 5.91. The Hall–Kier alpha value is -2.60. The van der Waals surface area contributed by atoms with E-state index in [9.17, 15) is 9.59 Å². The fraction of sp³-hybridized carbons (Fsp3) is 0.500. The predicted octanol–water partition coefficient (Wildman–Crippen LogP) is 3.42. The topological polar surface area (TPSA) is 71.8 Å². The van der Waals surface area contributed by atoms with Crippen molar-refractivity contribution in [2.24, 2.45) is 11.3 Å². The zero-order valence-electron chi connectivity index (χ0n) is 17.6. The van der Waals surface area contributed by atoms with Gasteiger partial charge in [0.2, 0.25) is 5.91 Å². The van der Waals surface area contributed by atoms with E-state index in [1.807, 2.05) is 23.1 Å². The average Bonchev–Trinajstić information content (AvgIpc) is 3.26. The van der Waals surface area contributed by atoms with E-state index in [0.29, 0.717) is 37.8 Å². The molecule has 1 aliphatic carbocycles. The molecule has 1 saturated heterocycles. The van der Waals surface area contributed by atoms with Crippen molar-refractivity contribution in [3.8, 4) is 0 Å². The summed E-state index contributed by atoms with van der Waals surface area (Å²) < 4.78 is 10.6. The Morgan fingerprint density at radius 2 is 1.93 bits per heavy atom. The number of carbonyl (C=O) groups excluding carboxylic acids is 2. The van der Waals surface area contributed by atoms with E-state index >= 15 is 0 Å². The van der Waals surface area contributed by atoms with Crippen LogP contribution >= 0.6 is 0 Å². The van der Waals surface area contributed by atoms with Crippen molar-refractivity contribution < 1.29 is 18.7 Å². The maximum Gasteiger partial charge on any atom is 0.289 e. The van der Waals surface area contributed by atoms with E-state index in [2.05, 4.69) is 17.4 Å². The predicted molar refractivity (Wildman–Crippen MR) is 113 cm³/mol. The molecule has 2 amide bonds. The number of benzene rings is 1. The SMILES string of the molecule is COCc1ccc(C(=O)N2CCC3(CC2)C[C@@H]3C(=O)NCCCc2ccccc2)o1. The number of rotatable bonds is 8. The molecule has 30 heavy (non-hydrogen) atoms. The van der Waals surface area contributed by atoms with Crippen molar-refractivity contribution in [3.63, 3.8) is 0 Å². The minimum absolute atomic E-state index is 0.0743. The number of piperidine rings is 1. The number of likely N-dealkylation sites (tertiary alicyclic amines) is 1. The fourth-order valence-electron chi connectivity index (χ4n) is 4.57. The lowest BCUT2D eigenvalue weighted by Crippen LogP contribution is -2.40. The minimum atomic E-state index is -0.0743. The number of hydrogen-bond donors (Lipinski definition) is 1. The summed E-state index contributed by atoms with van der Waals surface area (Å²) in [5, 5.41) is 3.11. The van der Waals surface area contributed by atoms with Gasteiger partial charge in [0.05, 0.1) is 0 Å². The zero-order valence-corrected chi connectivity index (χ0v) is 17.6. The van der Waals surface area contributed by atoms with Crippen molar-refractivity contribution >= 4 is 11.8 Å². The van der Waals surface area contributed by atoms with E-state index in [4.69, 9.17) is 9.15 Å². The third-order valence-electron chi connectivity index (χ3n) is 6.50. The number of hydrogen-bond acceptors (Lipinski definition) is 4. The van der Waals surface area contributed by atoms with Crippen LogP contribution in [0.3, 0.4) is 0 Å². The molecule has 1 saturated carbocycles. The minimum Gasteiger partial charge on any atom is -0.453 e. The summed E-state index contributed by atoms with van der Waals surface area (Å²) in [5.41, 5.74) is 1.39. The molecule has 0 radical (unpaired) electrons. The summed E-state index contributed by atoms with van der Waals surface area (Å²) in [6.45, 7) is 2.43. The van der Waals surface area contributed by atoms with Gasteiger partial charge in [-0.25, -0.2) is 0 Å². The number of carbonyl (C=O) groups is 2. The Bertz CT molecular complexity index is 868. The van der Waals surface area contributed by atoms with Crippen molar-refractivity contribution in [2.45, 2.75) is 38.7 Å². The number of amides is 2. The molecule has 0 unspecified atom stereocenters. The van der Waals surface area contributed by atoms with Gasteiger partial charge in [-0.3, -0.25) is 9.59 Å². The lowest BCUT2D eigenvalue weighted by molar-refractivity contribution is -0.123.